The number of carbonyl (C=O) groups is 1. The molecule has 26 heavy (non-hydrogen) atoms. The lowest BCUT2D eigenvalue weighted by molar-refractivity contribution is -0.119. The summed E-state index contributed by atoms with van der Waals surface area (Å²) in [5.41, 5.74) is 1.56. The molecule has 2 aliphatic rings. The smallest absolute Gasteiger partial charge is 0.228 e. The van der Waals surface area contributed by atoms with Gasteiger partial charge in [0.1, 0.15) is 5.82 Å². The third-order valence-electron chi connectivity index (χ3n) is 5.10. The van der Waals surface area contributed by atoms with Gasteiger partial charge in [0.2, 0.25) is 5.91 Å². The predicted octanol–water partition coefficient (Wildman–Crippen LogP) is 2.04. The highest BCUT2D eigenvalue weighted by Gasteiger charge is 2.33. The number of amides is 1. The van der Waals surface area contributed by atoms with E-state index in [0.29, 0.717) is 12.1 Å². The quantitative estimate of drug-likeness (QED) is 0.887. The maximum Gasteiger partial charge on any atom is 0.228 e. The van der Waals surface area contributed by atoms with E-state index in [0.717, 1.165) is 43.0 Å². The highest BCUT2D eigenvalue weighted by molar-refractivity contribution is 7.91. The van der Waals surface area contributed by atoms with Crippen LogP contribution in [0.15, 0.2) is 24.3 Å². The van der Waals surface area contributed by atoms with E-state index in [9.17, 15) is 13.2 Å². The van der Waals surface area contributed by atoms with Gasteiger partial charge in [-0.3, -0.25) is 4.79 Å². The van der Waals surface area contributed by atoms with Gasteiger partial charge in [-0.2, -0.15) is 0 Å². The number of carbonyl (C=O) groups excluding carboxylic acids is 1. The number of aromatic nitrogens is 3. The minimum atomic E-state index is -3.07. The maximum atomic E-state index is 12.4. The lowest BCUT2D eigenvalue weighted by atomic mass is 10.1. The van der Waals surface area contributed by atoms with E-state index < -0.39 is 15.8 Å². The van der Waals surface area contributed by atoms with Crippen molar-refractivity contribution in [1.82, 2.24) is 14.8 Å². The van der Waals surface area contributed by atoms with Crippen molar-refractivity contribution in [3.8, 4) is 11.4 Å². The summed E-state index contributed by atoms with van der Waals surface area (Å²) in [5, 5.41) is 11.5. The number of fused-ring (bicyclic) bond motifs is 1. The Morgan fingerprint density at radius 1 is 1.19 bits per heavy atom. The summed E-state index contributed by atoms with van der Waals surface area (Å²) in [6, 6.07) is 7.51. The van der Waals surface area contributed by atoms with Crippen LogP contribution in [0.2, 0.25) is 0 Å². The molecule has 1 atom stereocenters. The second-order valence-corrected chi connectivity index (χ2v) is 9.30. The molecule has 3 heterocycles. The summed E-state index contributed by atoms with van der Waals surface area (Å²) in [6.07, 6.45) is 4.79. The van der Waals surface area contributed by atoms with Crippen LogP contribution in [0.4, 0.5) is 5.69 Å². The van der Waals surface area contributed by atoms with E-state index in [-0.39, 0.29) is 17.4 Å². The second-order valence-electron chi connectivity index (χ2n) is 7.07. The van der Waals surface area contributed by atoms with Gasteiger partial charge in [0.05, 0.1) is 17.4 Å². The van der Waals surface area contributed by atoms with Gasteiger partial charge >= 0.3 is 0 Å². The molecule has 8 heteroatoms. The Bertz CT molecular complexity index is 936. The average molecular weight is 374 g/mol. The molecule has 1 N–H and O–H groups in total. The number of aryl methyl sites for hydroxylation is 1. The molecule has 138 valence electrons. The molecule has 4 rings (SSSR count). The first kappa shape index (κ1) is 17.2. The third kappa shape index (κ3) is 3.51. The van der Waals surface area contributed by atoms with E-state index >= 15 is 0 Å². The first-order valence-electron chi connectivity index (χ1n) is 9.06. The molecule has 2 aliphatic heterocycles. The molecule has 1 amide bonds. The molecule has 2 aromatic rings. The highest BCUT2D eigenvalue weighted by Crippen LogP contribution is 2.26. The molecule has 1 aromatic heterocycles. The van der Waals surface area contributed by atoms with Gasteiger partial charge in [-0.15, -0.1) is 10.2 Å². The van der Waals surface area contributed by atoms with Crippen LogP contribution in [0.25, 0.3) is 11.4 Å². The first-order chi connectivity index (χ1) is 12.5. The third-order valence-corrected chi connectivity index (χ3v) is 6.87. The Hall–Kier alpha value is -2.22. The van der Waals surface area contributed by atoms with Crippen molar-refractivity contribution >= 4 is 21.4 Å². The first-order valence-corrected chi connectivity index (χ1v) is 10.9. The van der Waals surface area contributed by atoms with Gasteiger partial charge in [0, 0.05) is 24.2 Å². The Labute approximate surface area is 152 Å². The summed E-state index contributed by atoms with van der Waals surface area (Å²) in [4.78, 5) is 12.4. The SMILES string of the molecule is O=C(Nc1cccc(-c2nnc3n2CCCCC3)c1)[C@@H]1CCS(=O)(=O)C1. The fourth-order valence-electron chi connectivity index (χ4n) is 3.68. The fraction of sp³-hybridized carbons (Fsp3) is 0.500. The van der Waals surface area contributed by atoms with E-state index in [4.69, 9.17) is 0 Å². The standard InChI is InChI=1S/C18H22N4O3S/c23-18(14-8-10-26(24,25)12-14)19-15-6-4-5-13(11-15)17-21-20-16-7-2-1-3-9-22(16)17/h4-6,11,14H,1-3,7-10,12H2,(H,19,23)/t14-/m1/s1. The number of nitrogens with one attached hydrogen (secondary N) is 1. The molecule has 0 spiro atoms. The Balaban J connectivity index is 1.54. The van der Waals surface area contributed by atoms with Crippen molar-refractivity contribution in [1.29, 1.82) is 0 Å². The minimum Gasteiger partial charge on any atom is -0.326 e. The molecular formula is C18H22N4O3S. The van der Waals surface area contributed by atoms with E-state index in [1.54, 1.807) is 0 Å². The lowest BCUT2D eigenvalue weighted by Gasteiger charge is -2.11. The summed E-state index contributed by atoms with van der Waals surface area (Å²) in [7, 11) is -3.07. The van der Waals surface area contributed by atoms with E-state index in [1.807, 2.05) is 24.3 Å². The number of benzene rings is 1. The molecule has 0 radical (unpaired) electrons. The monoisotopic (exact) mass is 374 g/mol. The molecule has 0 saturated carbocycles. The largest absolute Gasteiger partial charge is 0.326 e. The summed E-state index contributed by atoms with van der Waals surface area (Å²) < 4.78 is 25.3. The molecule has 1 fully saturated rings. The Kier molecular flexibility index (Phi) is 4.52. The van der Waals surface area contributed by atoms with Crippen LogP contribution in [0.1, 0.15) is 31.5 Å². The number of rotatable bonds is 3. The lowest BCUT2D eigenvalue weighted by Crippen LogP contribution is -2.23. The van der Waals surface area contributed by atoms with Gasteiger partial charge in [0.15, 0.2) is 15.7 Å². The van der Waals surface area contributed by atoms with Crippen LogP contribution < -0.4 is 5.32 Å². The Morgan fingerprint density at radius 2 is 2.08 bits per heavy atom. The van der Waals surface area contributed by atoms with E-state index in [2.05, 4.69) is 20.1 Å². The van der Waals surface area contributed by atoms with Crippen LogP contribution in [0.5, 0.6) is 0 Å². The fourth-order valence-corrected chi connectivity index (χ4v) is 5.42. The molecule has 0 unspecified atom stereocenters. The average Bonchev–Trinajstić information content (AvgIpc) is 3.10. The molecule has 1 aromatic carbocycles. The molecule has 0 aliphatic carbocycles. The normalized spacial score (nSPS) is 21.8. The predicted molar refractivity (Wildman–Crippen MR) is 98.4 cm³/mol. The zero-order valence-electron chi connectivity index (χ0n) is 14.5. The number of hydrogen-bond acceptors (Lipinski definition) is 5. The second kappa shape index (κ2) is 6.83. The minimum absolute atomic E-state index is 0.0593. The van der Waals surface area contributed by atoms with Crippen LogP contribution in [-0.4, -0.2) is 40.6 Å². The number of sulfone groups is 1. The van der Waals surface area contributed by atoms with Crippen LogP contribution >= 0.6 is 0 Å². The van der Waals surface area contributed by atoms with Crippen molar-refractivity contribution in [3.05, 3.63) is 30.1 Å². The van der Waals surface area contributed by atoms with Crippen molar-refractivity contribution in [3.63, 3.8) is 0 Å². The van der Waals surface area contributed by atoms with Crippen molar-refractivity contribution in [2.45, 2.75) is 38.6 Å². The molecule has 7 nitrogen and oxygen atoms in total. The summed E-state index contributed by atoms with van der Waals surface area (Å²) >= 11 is 0. The number of nitrogens with zero attached hydrogens (tertiary/aromatic N) is 3. The van der Waals surface area contributed by atoms with E-state index in [1.165, 1.54) is 6.42 Å². The maximum absolute atomic E-state index is 12.4. The summed E-state index contributed by atoms with van der Waals surface area (Å²) in [6.45, 7) is 0.911. The van der Waals surface area contributed by atoms with Gasteiger partial charge in [0.25, 0.3) is 0 Å². The zero-order valence-corrected chi connectivity index (χ0v) is 15.3. The van der Waals surface area contributed by atoms with Crippen LogP contribution in [-0.2, 0) is 27.6 Å². The van der Waals surface area contributed by atoms with Crippen molar-refractivity contribution in [2.75, 3.05) is 16.8 Å². The highest BCUT2D eigenvalue weighted by atomic mass is 32.2. The zero-order chi connectivity index (χ0) is 18.1. The van der Waals surface area contributed by atoms with Crippen molar-refractivity contribution < 1.29 is 13.2 Å². The molecule has 0 bridgehead atoms. The van der Waals surface area contributed by atoms with Gasteiger partial charge in [-0.05, 0) is 31.4 Å². The number of anilines is 1. The van der Waals surface area contributed by atoms with Crippen molar-refractivity contribution in [2.24, 2.45) is 5.92 Å². The topological polar surface area (TPSA) is 93.9 Å². The Morgan fingerprint density at radius 3 is 2.88 bits per heavy atom. The van der Waals surface area contributed by atoms with Crippen LogP contribution in [0.3, 0.4) is 0 Å². The van der Waals surface area contributed by atoms with Gasteiger partial charge in [-0.25, -0.2) is 8.42 Å². The molecular weight excluding hydrogens is 352 g/mol. The molecule has 1 saturated heterocycles. The van der Waals surface area contributed by atoms with Gasteiger partial charge < -0.3 is 9.88 Å². The van der Waals surface area contributed by atoms with Gasteiger partial charge in [-0.1, -0.05) is 18.6 Å². The van der Waals surface area contributed by atoms with Crippen LogP contribution in [0, 0.1) is 5.92 Å². The summed E-state index contributed by atoms with van der Waals surface area (Å²) in [5.74, 6) is 1.17. The number of hydrogen-bond donors (Lipinski definition) is 1.